The van der Waals surface area contributed by atoms with E-state index in [0.717, 1.165) is 0 Å². The van der Waals surface area contributed by atoms with Gasteiger partial charge in [-0.15, -0.1) is 0 Å². The normalized spacial score (nSPS) is 11.8. The fourth-order valence-electron chi connectivity index (χ4n) is 0.448. The van der Waals surface area contributed by atoms with E-state index in [1.165, 1.54) is 0 Å². The molecule has 0 saturated heterocycles. The minimum atomic E-state index is -3.83. The van der Waals surface area contributed by atoms with E-state index < -0.39 is 10.1 Å². The van der Waals surface area contributed by atoms with E-state index in [2.05, 4.69) is 5.32 Å². The molecule has 5 nitrogen and oxygen atoms in total. The number of hydrogen-bond acceptors (Lipinski definition) is 4. The molecular formula is C5H13NO4S. The summed E-state index contributed by atoms with van der Waals surface area (Å²) in [4.78, 5) is 0. The van der Waals surface area contributed by atoms with Gasteiger partial charge in [0.1, 0.15) is 0 Å². The summed E-state index contributed by atoms with van der Waals surface area (Å²) < 4.78 is 33.4. The molecule has 0 saturated carbocycles. The molecule has 0 bridgehead atoms. The summed E-state index contributed by atoms with van der Waals surface area (Å²) in [5, 5.41) is 2.68. The van der Waals surface area contributed by atoms with Crippen molar-refractivity contribution < 1.29 is 17.7 Å². The molecule has 6 heteroatoms. The smallest absolute Gasteiger partial charge is 0.266 e. The highest BCUT2D eigenvalue weighted by atomic mass is 32.2. The largest absolute Gasteiger partial charge is 0.367 e. The quantitative estimate of drug-likeness (QED) is 0.328. The van der Waals surface area contributed by atoms with Crippen LogP contribution in [-0.4, -0.2) is 38.6 Å². The molecule has 0 heterocycles. The van der Waals surface area contributed by atoms with Crippen LogP contribution in [0.4, 0.5) is 0 Å². The zero-order valence-corrected chi connectivity index (χ0v) is 7.23. The van der Waals surface area contributed by atoms with Crippen LogP contribution in [0.3, 0.4) is 0 Å². The number of rotatable bonds is 6. The lowest BCUT2D eigenvalue weighted by molar-refractivity contribution is 0.130. The molecule has 0 aromatic carbocycles. The average Bonchev–Trinajstić information content (AvgIpc) is 1.85. The maximum Gasteiger partial charge on any atom is 0.266 e. The summed E-state index contributed by atoms with van der Waals surface area (Å²) in [5.74, 6) is -0.278. The van der Waals surface area contributed by atoms with Gasteiger partial charge in [0.2, 0.25) is 0 Å². The highest BCUT2D eigenvalue weighted by Gasteiger charge is 2.01. The van der Waals surface area contributed by atoms with Crippen LogP contribution < -0.4 is 5.32 Å². The molecule has 0 aromatic heterocycles. The number of nitrogens with one attached hydrogen (secondary N) is 1. The first-order valence-corrected chi connectivity index (χ1v) is 4.91. The molecule has 0 aliphatic rings. The van der Waals surface area contributed by atoms with E-state index in [9.17, 15) is 8.42 Å². The fraction of sp³-hybridized carbons (Fsp3) is 1.00. The highest BCUT2D eigenvalue weighted by molar-refractivity contribution is 7.85. The Morgan fingerprint density at radius 3 is 2.64 bits per heavy atom. The molecule has 0 unspecified atom stereocenters. The van der Waals surface area contributed by atoms with Gasteiger partial charge < -0.3 is 4.74 Å². The minimum absolute atomic E-state index is 0.207. The summed E-state index contributed by atoms with van der Waals surface area (Å²) in [6.45, 7) is 2.94. The Hall–Kier alpha value is -0.170. The zero-order chi connectivity index (χ0) is 8.74. The first-order valence-electron chi connectivity index (χ1n) is 3.30. The molecule has 0 atom stereocenters. The Balaban J connectivity index is 3.16. The second kappa shape index (κ2) is 5.48. The number of hydrogen-bond donors (Lipinski definition) is 2. The predicted octanol–water partition coefficient (Wildman–Crippen LogP) is -0.542. The average molecular weight is 183 g/mol. The van der Waals surface area contributed by atoms with Crippen molar-refractivity contribution in [2.45, 2.75) is 6.92 Å². The summed E-state index contributed by atoms with van der Waals surface area (Å²) >= 11 is 0. The molecular weight excluding hydrogens is 170 g/mol. The van der Waals surface area contributed by atoms with Gasteiger partial charge in [-0.3, -0.25) is 9.87 Å². The summed E-state index contributed by atoms with van der Waals surface area (Å²) in [6, 6.07) is 0. The van der Waals surface area contributed by atoms with Crippen LogP contribution in [0.2, 0.25) is 0 Å². The van der Waals surface area contributed by atoms with Crippen molar-refractivity contribution in [2.75, 3.05) is 25.6 Å². The van der Waals surface area contributed by atoms with Crippen LogP contribution in [0.15, 0.2) is 0 Å². The van der Waals surface area contributed by atoms with Crippen LogP contribution >= 0.6 is 0 Å². The fourth-order valence-corrected chi connectivity index (χ4v) is 0.850. The van der Waals surface area contributed by atoms with Gasteiger partial charge in [-0.25, -0.2) is 0 Å². The van der Waals surface area contributed by atoms with Gasteiger partial charge in [0.15, 0.2) is 0 Å². The summed E-state index contributed by atoms with van der Waals surface area (Å²) in [5.41, 5.74) is 0. The van der Waals surface area contributed by atoms with Crippen LogP contribution in [0.5, 0.6) is 0 Å². The second-order valence-electron chi connectivity index (χ2n) is 1.92. The number of ether oxygens (including phenoxy) is 1. The molecule has 0 rings (SSSR count). The lowest BCUT2D eigenvalue weighted by Crippen LogP contribution is -2.24. The molecule has 0 spiro atoms. The van der Waals surface area contributed by atoms with Crippen molar-refractivity contribution >= 4 is 10.1 Å². The van der Waals surface area contributed by atoms with Gasteiger partial charge in [0.25, 0.3) is 10.1 Å². The van der Waals surface area contributed by atoms with Crippen molar-refractivity contribution in [3.8, 4) is 0 Å². The lowest BCUT2D eigenvalue weighted by atomic mass is 10.7. The molecule has 0 aromatic rings. The van der Waals surface area contributed by atoms with Crippen molar-refractivity contribution in [3.63, 3.8) is 0 Å². The van der Waals surface area contributed by atoms with Gasteiger partial charge in [-0.05, 0) is 6.92 Å². The SMILES string of the molecule is CCOCNCCS(=O)(=O)O. The predicted molar refractivity (Wildman–Crippen MR) is 40.9 cm³/mol. The van der Waals surface area contributed by atoms with Crippen molar-refractivity contribution in [1.29, 1.82) is 0 Å². The molecule has 0 fully saturated rings. The maximum atomic E-state index is 10.1. The van der Waals surface area contributed by atoms with E-state index in [1.54, 1.807) is 0 Å². The van der Waals surface area contributed by atoms with Gasteiger partial charge in [0.05, 0.1) is 12.5 Å². The molecule has 0 aliphatic carbocycles. The third kappa shape index (κ3) is 9.83. The lowest BCUT2D eigenvalue weighted by Gasteiger charge is -2.01. The van der Waals surface area contributed by atoms with E-state index in [-0.39, 0.29) is 12.3 Å². The summed E-state index contributed by atoms with van der Waals surface area (Å²) in [7, 11) is -3.83. The third-order valence-corrected chi connectivity index (χ3v) is 1.67. The van der Waals surface area contributed by atoms with Crippen LogP contribution in [-0.2, 0) is 14.9 Å². The van der Waals surface area contributed by atoms with Crippen molar-refractivity contribution in [1.82, 2.24) is 5.32 Å². The Morgan fingerprint density at radius 2 is 2.18 bits per heavy atom. The van der Waals surface area contributed by atoms with Crippen molar-refractivity contribution in [2.24, 2.45) is 0 Å². The molecule has 0 radical (unpaired) electrons. The molecule has 68 valence electrons. The van der Waals surface area contributed by atoms with Crippen LogP contribution in [0.1, 0.15) is 6.92 Å². The van der Waals surface area contributed by atoms with Gasteiger partial charge >= 0.3 is 0 Å². The Kier molecular flexibility index (Phi) is 5.39. The van der Waals surface area contributed by atoms with Gasteiger partial charge in [-0.1, -0.05) is 0 Å². The first kappa shape index (κ1) is 10.8. The van der Waals surface area contributed by atoms with Gasteiger partial charge in [0, 0.05) is 13.2 Å². The highest BCUT2D eigenvalue weighted by Crippen LogP contribution is 1.78. The molecule has 2 N–H and O–H groups in total. The van der Waals surface area contributed by atoms with E-state index in [1.807, 2.05) is 6.92 Å². The standard InChI is InChI=1S/C5H13NO4S/c1-2-10-5-6-3-4-11(7,8)9/h6H,2-5H2,1H3,(H,7,8,9). The van der Waals surface area contributed by atoms with E-state index >= 15 is 0 Å². The van der Waals surface area contributed by atoms with Crippen LogP contribution in [0.25, 0.3) is 0 Å². The molecule has 11 heavy (non-hydrogen) atoms. The van der Waals surface area contributed by atoms with E-state index in [0.29, 0.717) is 13.3 Å². The molecule has 0 amide bonds. The van der Waals surface area contributed by atoms with Gasteiger partial charge in [-0.2, -0.15) is 8.42 Å². The minimum Gasteiger partial charge on any atom is -0.367 e. The second-order valence-corrected chi connectivity index (χ2v) is 3.50. The zero-order valence-electron chi connectivity index (χ0n) is 6.41. The van der Waals surface area contributed by atoms with Crippen LogP contribution in [0, 0.1) is 0 Å². The van der Waals surface area contributed by atoms with E-state index in [4.69, 9.17) is 9.29 Å². The summed E-state index contributed by atoms with van der Waals surface area (Å²) in [6.07, 6.45) is 0. The monoisotopic (exact) mass is 183 g/mol. The van der Waals surface area contributed by atoms with Crippen molar-refractivity contribution in [3.05, 3.63) is 0 Å². The Morgan fingerprint density at radius 1 is 1.55 bits per heavy atom. The topological polar surface area (TPSA) is 75.6 Å². The Bertz CT molecular complexity index is 177. The molecule has 0 aliphatic heterocycles. The Labute approximate surface area is 66.5 Å². The first-order chi connectivity index (χ1) is 5.06. The maximum absolute atomic E-state index is 10.1. The third-order valence-electron chi connectivity index (χ3n) is 0.945.